The maximum absolute atomic E-state index is 12.1. The Hall–Kier alpha value is -1.43. The Labute approximate surface area is 114 Å². The Balaban J connectivity index is 4.42. The van der Waals surface area contributed by atoms with Crippen LogP contribution in [0.15, 0.2) is 0 Å². The minimum atomic E-state index is -0.270. The zero-order valence-electron chi connectivity index (χ0n) is 12.1. The highest BCUT2D eigenvalue weighted by atomic mass is 16.2. The normalized spacial score (nSPS) is 12.0. The number of carbonyl (C=O) groups is 3. The third-order valence-corrected chi connectivity index (χ3v) is 2.91. The van der Waals surface area contributed by atoms with Gasteiger partial charge in [-0.15, -0.1) is 0 Å². The summed E-state index contributed by atoms with van der Waals surface area (Å²) in [6.45, 7) is 7.81. The average molecular weight is 271 g/mol. The summed E-state index contributed by atoms with van der Waals surface area (Å²) in [4.78, 5) is 35.2. The fourth-order valence-electron chi connectivity index (χ4n) is 1.90. The molecule has 0 rings (SSSR count). The van der Waals surface area contributed by atoms with Crippen LogP contribution in [0.2, 0.25) is 0 Å². The molecule has 0 aliphatic heterocycles. The predicted octanol–water partition coefficient (Wildman–Crippen LogP) is -0.0718. The maximum Gasteiger partial charge on any atom is 0.237 e. The number of hydrogen-bond acceptors (Lipinski definition) is 4. The van der Waals surface area contributed by atoms with Gasteiger partial charge in [-0.2, -0.15) is 0 Å². The topological polar surface area (TPSA) is 78.5 Å². The first-order valence-corrected chi connectivity index (χ1v) is 6.76. The number of hydrogen-bond donors (Lipinski definition) is 2. The van der Waals surface area contributed by atoms with Crippen molar-refractivity contribution in [3.05, 3.63) is 0 Å². The van der Waals surface area contributed by atoms with Crippen LogP contribution in [0.3, 0.4) is 0 Å². The van der Waals surface area contributed by atoms with Gasteiger partial charge >= 0.3 is 0 Å². The van der Waals surface area contributed by atoms with E-state index in [9.17, 15) is 14.4 Å². The smallest absolute Gasteiger partial charge is 0.237 e. The van der Waals surface area contributed by atoms with Crippen LogP contribution in [0, 0.1) is 0 Å². The van der Waals surface area contributed by atoms with E-state index in [1.807, 2.05) is 18.7 Å². The fraction of sp³-hybridized carbons (Fsp3) is 0.769. The highest BCUT2D eigenvalue weighted by molar-refractivity contribution is 5.82. The molecule has 0 aliphatic rings. The van der Waals surface area contributed by atoms with Gasteiger partial charge in [-0.25, -0.2) is 0 Å². The predicted molar refractivity (Wildman–Crippen MR) is 73.7 cm³/mol. The van der Waals surface area contributed by atoms with Gasteiger partial charge in [0.05, 0.1) is 6.04 Å². The van der Waals surface area contributed by atoms with Crippen LogP contribution in [0.5, 0.6) is 0 Å². The zero-order chi connectivity index (χ0) is 14.7. The Kier molecular flexibility index (Phi) is 9.70. The second-order valence-electron chi connectivity index (χ2n) is 4.26. The van der Waals surface area contributed by atoms with Crippen molar-refractivity contribution in [3.63, 3.8) is 0 Å². The van der Waals surface area contributed by atoms with Gasteiger partial charge in [-0.05, 0) is 19.5 Å². The number of nitrogens with zero attached hydrogens (tertiary/aromatic N) is 1. The Morgan fingerprint density at radius 2 is 1.79 bits per heavy atom. The Morgan fingerprint density at radius 3 is 2.26 bits per heavy atom. The Morgan fingerprint density at radius 1 is 1.16 bits per heavy atom. The summed E-state index contributed by atoms with van der Waals surface area (Å²) in [6, 6.07) is -0.270. The number of likely N-dealkylation sites (N-methyl/N-ethyl adjacent to an activating group) is 1. The van der Waals surface area contributed by atoms with E-state index in [1.54, 1.807) is 0 Å². The van der Waals surface area contributed by atoms with E-state index in [0.717, 1.165) is 19.4 Å². The molecule has 0 aromatic carbocycles. The molecule has 0 saturated carbocycles. The molecule has 0 heterocycles. The van der Waals surface area contributed by atoms with Crippen LogP contribution in [0.4, 0.5) is 0 Å². The molecule has 0 aromatic heterocycles. The number of carbonyl (C=O) groups excluding carboxylic acids is 3. The molecule has 110 valence electrons. The molecule has 0 fully saturated rings. The van der Waals surface area contributed by atoms with Gasteiger partial charge in [0, 0.05) is 26.4 Å². The highest BCUT2D eigenvalue weighted by Crippen LogP contribution is 2.04. The third-order valence-electron chi connectivity index (χ3n) is 2.91. The highest BCUT2D eigenvalue weighted by Gasteiger charge is 2.23. The lowest BCUT2D eigenvalue weighted by molar-refractivity contribution is -0.127. The van der Waals surface area contributed by atoms with Gasteiger partial charge in [0.2, 0.25) is 11.8 Å². The third kappa shape index (κ3) is 7.56. The first kappa shape index (κ1) is 17.6. The number of aldehydes is 1. The number of nitrogens with one attached hydrogen (secondary N) is 2. The minimum Gasteiger partial charge on any atom is -0.356 e. The molecule has 1 unspecified atom stereocenters. The van der Waals surface area contributed by atoms with Crippen molar-refractivity contribution in [1.29, 1.82) is 0 Å². The second kappa shape index (κ2) is 10.5. The van der Waals surface area contributed by atoms with Gasteiger partial charge in [0.25, 0.3) is 0 Å². The van der Waals surface area contributed by atoms with Crippen molar-refractivity contribution in [1.82, 2.24) is 15.5 Å². The van der Waals surface area contributed by atoms with Gasteiger partial charge in [0.15, 0.2) is 0 Å². The van der Waals surface area contributed by atoms with Crippen molar-refractivity contribution in [3.8, 4) is 0 Å². The second-order valence-corrected chi connectivity index (χ2v) is 4.26. The van der Waals surface area contributed by atoms with Crippen LogP contribution in [-0.2, 0) is 14.4 Å². The summed E-state index contributed by atoms with van der Waals surface area (Å²) >= 11 is 0. The summed E-state index contributed by atoms with van der Waals surface area (Å²) in [6.07, 6.45) is 1.67. The van der Waals surface area contributed by atoms with Gasteiger partial charge in [-0.3, -0.25) is 14.5 Å². The van der Waals surface area contributed by atoms with E-state index in [0.29, 0.717) is 25.9 Å². The molecule has 0 bridgehead atoms. The molecule has 0 spiro atoms. The quantitative estimate of drug-likeness (QED) is 0.430. The van der Waals surface area contributed by atoms with Crippen molar-refractivity contribution in [2.45, 2.75) is 39.7 Å². The molecule has 0 aliphatic carbocycles. The van der Waals surface area contributed by atoms with E-state index < -0.39 is 0 Å². The van der Waals surface area contributed by atoms with Crippen molar-refractivity contribution < 1.29 is 14.4 Å². The van der Waals surface area contributed by atoms with E-state index in [4.69, 9.17) is 0 Å². The fourth-order valence-corrected chi connectivity index (χ4v) is 1.90. The Bertz CT molecular complexity index is 291. The maximum atomic E-state index is 12.1. The monoisotopic (exact) mass is 271 g/mol. The van der Waals surface area contributed by atoms with Crippen LogP contribution >= 0.6 is 0 Å². The summed E-state index contributed by atoms with van der Waals surface area (Å²) in [5.74, 6) is -0.185. The molecule has 19 heavy (non-hydrogen) atoms. The zero-order valence-corrected chi connectivity index (χ0v) is 12.1. The first-order valence-electron chi connectivity index (χ1n) is 6.76. The molecule has 0 saturated heterocycles. The summed E-state index contributed by atoms with van der Waals surface area (Å²) in [7, 11) is 0. The van der Waals surface area contributed by atoms with Crippen LogP contribution in [-0.4, -0.2) is 55.2 Å². The van der Waals surface area contributed by atoms with Gasteiger partial charge < -0.3 is 15.4 Å². The van der Waals surface area contributed by atoms with E-state index in [-0.39, 0.29) is 17.9 Å². The summed E-state index contributed by atoms with van der Waals surface area (Å²) in [5, 5.41) is 5.45. The molecule has 0 aromatic rings. The molecule has 2 amide bonds. The van der Waals surface area contributed by atoms with Crippen LogP contribution < -0.4 is 10.6 Å². The molecular formula is C13H25N3O3. The van der Waals surface area contributed by atoms with Crippen LogP contribution in [0.25, 0.3) is 0 Å². The number of amides is 2. The van der Waals surface area contributed by atoms with Crippen molar-refractivity contribution in [2.24, 2.45) is 0 Å². The molecule has 6 heteroatoms. The SMILES string of the molecule is CCN(CC)C(CCNC(C)=O)C(=O)NCCC=O. The number of rotatable bonds is 10. The average Bonchev–Trinajstić information content (AvgIpc) is 2.38. The minimum absolute atomic E-state index is 0.0871. The van der Waals surface area contributed by atoms with E-state index in [2.05, 4.69) is 10.6 Å². The molecule has 6 nitrogen and oxygen atoms in total. The lowest BCUT2D eigenvalue weighted by Gasteiger charge is -2.28. The first-order chi connectivity index (χ1) is 9.06. The molecule has 2 N–H and O–H groups in total. The molecule has 0 radical (unpaired) electrons. The van der Waals surface area contributed by atoms with Crippen molar-refractivity contribution >= 4 is 18.1 Å². The summed E-state index contributed by atoms with van der Waals surface area (Å²) in [5.41, 5.74) is 0. The lowest BCUT2D eigenvalue weighted by atomic mass is 10.1. The van der Waals surface area contributed by atoms with Gasteiger partial charge in [-0.1, -0.05) is 13.8 Å². The molecular weight excluding hydrogens is 246 g/mol. The standard InChI is InChI=1S/C13H25N3O3/c1-4-16(5-2)12(7-9-14-11(3)18)13(19)15-8-6-10-17/h10,12H,4-9H2,1-3H3,(H,14,18)(H,15,19). The van der Waals surface area contributed by atoms with Gasteiger partial charge in [0.1, 0.15) is 6.29 Å². The van der Waals surface area contributed by atoms with Crippen molar-refractivity contribution in [2.75, 3.05) is 26.2 Å². The van der Waals surface area contributed by atoms with E-state index in [1.165, 1.54) is 6.92 Å². The van der Waals surface area contributed by atoms with E-state index >= 15 is 0 Å². The summed E-state index contributed by atoms with van der Waals surface area (Å²) < 4.78 is 0. The largest absolute Gasteiger partial charge is 0.356 e. The van der Waals surface area contributed by atoms with Crippen LogP contribution in [0.1, 0.15) is 33.6 Å². The lowest BCUT2D eigenvalue weighted by Crippen LogP contribution is -2.48. The molecule has 1 atom stereocenters.